The van der Waals surface area contributed by atoms with E-state index in [1.807, 2.05) is 0 Å². The van der Waals surface area contributed by atoms with Crippen molar-refractivity contribution < 1.29 is 22.0 Å². The lowest BCUT2D eigenvalue weighted by molar-refractivity contribution is -0.139. The van der Waals surface area contributed by atoms with Crippen LogP contribution in [0.3, 0.4) is 0 Å². The first-order chi connectivity index (χ1) is 9.32. The van der Waals surface area contributed by atoms with Gasteiger partial charge in [0.1, 0.15) is 11.6 Å². The lowest BCUT2D eigenvalue weighted by Gasteiger charge is -2.11. The number of benzene rings is 2. The molecule has 0 heterocycles. The van der Waals surface area contributed by atoms with Crippen LogP contribution in [0.25, 0.3) is 11.1 Å². The molecule has 0 fully saturated rings. The molecule has 2 aromatic rings. The Labute approximate surface area is 111 Å². The number of halogens is 5. The maximum Gasteiger partial charge on any atom is 0.419 e. The Morgan fingerprint density at radius 3 is 2.15 bits per heavy atom. The molecule has 0 atom stereocenters. The molecular formula is C14H10F5N. The second kappa shape index (κ2) is 5.20. The van der Waals surface area contributed by atoms with E-state index in [0.29, 0.717) is 17.7 Å². The molecule has 2 rings (SSSR count). The fourth-order valence-electron chi connectivity index (χ4n) is 1.83. The van der Waals surface area contributed by atoms with E-state index in [0.717, 1.165) is 12.1 Å². The van der Waals surface area contributed by atoms with Gasteiger partial charge in [-0.3, -0.25) is 0 Å². The molecule has 20 heavy (non-hydrogen) atoms. The maximum absolute atomic E-state index is 13.7. The van der Waals surface area contributed by atoms with Gasteiger partial charge in [-0.15, -0.1) is 0 Å². The van der Waals surface area contributed by atoms with Crippen molar-refractivity contribution in [1.82, 2.24) is 0 Å². The number of hydrogen-bond acceptors (Lipinski definition) is 1. The molecule has 0 spiro atoms. The quantitative estimate of drug-likeness (QED) is 0.826. The minimum atomic E-state index is -4.83. The Morgan fingerprint density at radius 2 is 1.55 bits per heavy atom. The van der Waals surface area contributed by atoms with Gasteiger partial charge < -0.3 is 5.73 Å². The standard InChI is InChI=1S/C14H10F5N/c15-12-3-1-8(7-20)5-10(12)9-2-4-13(16)11(6-9)14(17,18)19/h1-6H,7,20H2. The first-order valence-corrected chi connectivity index (χ1v) is 5.68. The monoisotopic (exact) mass is 287 g/mol. The van der Waals surface area contributed by atoms with Crippen molar-refractivity contribution in [1.29, 1.82) is 0 Å². The van der Waals surface area contributed by atoms with Gasteiger partial charge in [0.15, 0.2) is 0 Å². The summed E-state index contributed by atoms with van der Waals surface area (Å²) in [6.07, 6.45) is -4.83. The van der Waals surface area contributed by atoms with E-state index in [2.05, 4.69) is 0 Å². The first kappa shape index (κ1) is 14.5. The summed E-state index contributed by atoms with van der Waals surface area (Å²) in [4.78, 5) is 0. The summed E-state index contributed by atoms with van der Waals surface area (Å²) in [5.74, 6) is -2.08. The van der Waals surface area contributed by atoms with E-state index in [1.165, 1.54) is 12.1 Å². The molecule has 2 aromatic carbocycles. The van der Waals surface area contributed by atoms with Crippen LogP contribution in [-0.4, -0.2) is 0 Å². The fourth-order valence-corrected chi connectivity index (χ4v) is 1.83. The highest BCUT2D eigenvalue weighted by atomic mass is 19.4. The molecule has 0 aliphatic heterocycles. The molecule has 0 unspecified atom stereocenters. The molecule has 0 aliphatic carbocycles. The molecule has 1 nitrogen and oxygen atoms in total. The van der Waals surface area contributed by atoms with Crippen molar-refractivity contribution in [2.24, 2.45) is 5.73 Å². The van der Waals surface area contributed by atoms with Gasteiger partial charge in [0, 0.05) is 12.1 Å². The van der Waals surface area contributed by atoms with Crippen LogP contribution in [0, 0.1) is 11.6 Å². The van der Waals surface area contributed by atoms with Gasteiger partial charge in [-0.2, -0.15) is 13.2 Å². The van der Waals surface area contributed by atoms with Crippen LogP contribution in [0.4, 0.5) is 22.0 Å². The third kappa shape index (κ3) is 2.80. The predicted molar refractivity (Wildman–Crippen MR) is 64.7 cm³/mol. The van der Waals surface area contributed by atoms with Crippen LogP contribution in [0.15, 0.2) is 36.4 Å². The van der Waals surface area contributed by atoms with E-state index in [1.54, 1.807) is 0 Å². The van der Waals surface area contributed by atoms with Crippen molar-refractivity contribution in [3.8, 4) is 11.1 Å². The third-order valence-electron chi connectivity index (χ3n) is 2.85. The molecule has 0 aromatic heterocycles. The molecular weight excluding hydrogens is 277 g/mol. The van der Waals surface area contributed by atoms with Crippen LogP contribution < -0.4 is 5.73 Å². The minimum Gasteiger partial charge on any atom is -0.326 e. The highest BCUT2D eigenvalue weighted by Crippen LogP contribution is 2.35. The van der Waals surface area contributed by atoms with Gasteiger partial charge in [0.2, 0.25) is 0 Å². The molecule has 0 saturated heterocycles. The fraction of sp³-hybridized carbons (Fsp3) is 0.143. The zero-order chi connectivity index (χ0) is 14.9. The topological polar surface area (TPSA) is 26.0 Å². The molecule has 0 bridgehead atoms. The summed E-state index contributed by atoms with van der Waals surface area (Å²) in [6.45, 7) is 0.126. The van der Waals surface area contributed by atoms with Crippen LogP contribution >= 0.6 is 0 Å². The van der Waals surface area contributed by atoms with Gasteiger partial charge in [-0.05, 0) is 35.4 Å². The van der Waals surface area contributed by atoms with E-state index in [9.17, 15) is 22.0 Å². The van der Waals surface area contributed by atoms with E-state index >= 15 is 0 Å². The third-order valence-corrected chi connectivity index (χ3v) is 2.85. The van der Waals surface area contributed by atoms with Crippen molar-refractivity contribution in [3.63, 3.8) is 0 Å². The Kier molecular flexibility index (Phi) is 3.76. The molecule has 0 aliphatic rings. The summed E-state index contributed by atoms with van der Waals surface area (Å²) in [7, 11) is 0. The van der Waals surface area contributed by atoms with Crippen molar-refractivity contribution in [3.05, 3.63) is 59.2 Å². The summed E-state index contributed by atoms with van der Waals surface area (Å²) >= 11 is 0. The lowest BCUT2D eigenvalue weighted by atomic mass is 10.00. The highest BCUT2D eigenvalue weighted by Gasteiger charge is 2.34. The maximum atomic E-state index is 13.7. The van der Waals surface area contributed by atoms with Crippen LogP contribution in [0.2, 0.25) is 0 Å². The van der Waals surface area contributed by atoms with Crippen molar-refractivity contribution in [2.45, 2.75) is 12.7 Å². The lowest BCUT2D eigenvalue weighted by Crippen LogP contribution is -2.08. The van der Waals surface area contributed by atoms with E-state index in [4.69, 9.17) is 5.73 Å². The number of alkyl halides is 3. The van der Waals surface area contributed by atoms with Crippen LogP contribution in [-0.2, 0) is 12.7 Å². The first-order valence-electron chi connectivity index (χ1n) is 5.68. The van der Waals surface area contributed by atoms with Gasteiger partial charge in [0.05, 0.1) is 5.56 Å². The number of rotatable bonds is 2. The number of hydrogen-bond donors (Lipinski definition) is 1. The van der Waals surface area contributed by atoms with E-state index in [-0.39, 0.29) is 17.7 Å². The van der Waals surface area contributed by atoms with Crippen LogP contribution in [0.5, 0.6) is 0 Å². The average molecular weight is 287 g/mol. The molecule has 0 amide bonds. The zero-order valence-electron chi connectivity index (χ0n) is 10.1. The number of nitrogens with two attached hydrogens (primary N) is 1. The second-order valence-electron chi connectivity index (χ2n) is 4.21. The highest BCUT2D eigenvalue weighted by molar-refractivity contribution is 5.66. The largest absolute Gasteiger partial charge is 0.419 e. The molecule has 0 saturated carbocycles. The normalized spacial score (nSPS) is 11.7. The Balaban J connectivity index is 2.59. The molecule has 0 radical (unpaired) electrons. The van der Waals surface area contributed by atoms with Crippen LogP contribution in [0.1, 0.15) is 11.1 Å². The van der Waals surface area contributed by atoms with Gasteiger partial charge in [-0.25, -0.2) is 8.78 Å². The van der Waals surface area contributed by atoms with E-state index < -0.39 is 23.4 Å². The minimum absolute atomic E-state index is 0.0431. The summed E-state index contributed by atoms with van der Waals surface area (Å²) < 4.78 is 64.8. The van der Waals surface area contributed by atoms with Gasteiger partial charge in [-0.1, -0.05) is 12.1 Å². The van der Waals surface area contributed by atoms with Crippen molar-refractivity contribution in [2.75, 3.05) is 0 Å². The molecule has 2 N–H and O–H groups in total. The smallest absolute Gasteiger partial charge is 0.326 e. The van der Waals surface area contributed by atoms with Crippen molar-refractivity contribution >= 4 is 0 Å². The average Bonchev–Trinajstić information content (AvgIpc) is 2.39. The molecule has 6 heteroatoms. The Bertz CT molecular complexity index is 634. The summed E-state index contributed by atoms with van der Waals surface area (Å²) in [5, 5.41) is 0. The Morgan fingerprint density at radius 1 is 0.900 bits per heavy atom. The van der Waals surface area contributed by atoms with Gasteiger partial charge >= 0.3 is 6.18 Å². The molecule has 106 valence electrons. The second-order valence-corrected chi connectivity index (χ2v) is 4.21. The summed E-state index contributed by atoms with van der Waals surface area (Å²) in [6, 6.07) is 6.27. The SMILES string of the molecule is NCc1ccc(F)c(-c2ccc(F)c(C(F)(F)F)c2)c1. The zero-order valence-corrected chi connectivity index (χ0v) is 10.1. The summed E-state index contributed by atoms with van der Waals surface area (Å²) in [5.41, 5.74) is 4.46. The Hall–Kier alpha value is -1.95. The predicted octanol–water partition coefficient (Wildman–Crippen LogP) is 4.11. The van der Waals surface area contributed by atoms with Gasteiger partial charge in [0.25, 0.3) is 0 Å².